The van der Waals surface area contributed by atoms with Crippen LogP contribution < -0.4 is 5.73 Å². The van der Waals surface area contributed by atoms with Crippen LogP contribution in [0.5, 0.6) is 0 Å². The van der Waals surface area contributed by atoms with Crippen molar-refractivity contribution in [3.63, 3.8) is 0 Å². The summed E-state index contributed by atoms with van der Waals surface area (Å²) < 4.78 is 0. The summed E-state index contributed by atoms with van der Waals surface area (Å²) in [5.41, 5.74) is 6.83. The van der Waals surface area contributed by atoms with E-state index >= 15 is 0 Å². The van der Waals surface area contributed by atoms with Gasteiger partial charge in [-0.2, -0.15) is 0 Å². The molecule has 14 heavy (non-hydrogen) atoms. The molecule has 1 heterocycles. The average Bonchev–Trinajstić information content (AvgIpc) is 2.17. The molecule has 1 amide bonds. The van der Waals surface area contributed by atoms with Crippen molar-refractivity contribution in [1.82, 2.24) is 5.06 Å². The molecule has 1 aliphatic heterocycles. The third-order valence-electron chi connectivity index (χ3n) is 2.23. The molecule has 4 nitrogen and oxygen atoms in total. The molecule has 1 atom stereocenters. The molecule has 0 fully saturated rings. The smallest absolute Gasteiger partial charge is 0.247 e. The maximum absolute atomic E-state index is 11.1. The Hall–Kier alpha value is -1.81. The minimum Gasteiger partial charge on any atom is -0.367 e. The Kier molecular flexibility index (Phi) is 1.98. The van der Waals surface area contributed by atoms with Crippen LogP contribution in [0.15, 0.2) is 30.5 Å². The van der Waals surface area contributed by atoms with E-state index in [0.29, 0.717) is 0 Å². The Balaban J connectivity index is 2.53. The largest absolute Gasteiger partial charge is 0.367 e. The van der Waals surface area contributed by atoms with Crippen molar-refractivity contribution >= 4 is 12.0 Å². The summed E-state index contributed by atoms with van der Waals surface area (Å²) in [6, 6.07) is 6.54. The molecule has 1 aliphatic rings. The predicted molar refractivity (Wildman–Crippen MR) is 51.0 cm³/mol. The van der Waals surface area contributed by atoms with Gasteiger partial charge >= 0.3 is 0 Å². The maximum atomic E-state index is 11.1. The van der Waals surface area contributed by atoms with E-state index < -0.39 is 11.9 Å². The minimum absolute atomic E-state index is 0.565. The fourth-order valence-corrected chi connectivity index (χ4v) is 1.58. The van der Waals surface area contributed by atoms with Crippen molar-refractivity contribution in [2.45, 2.75) is 6.04 Å². The number of hydroxylamine groups is 2. The monoisotopic (exact) mass is 190 g/mol. The van der Waals surface area contributed by atoms with E-state index in [-0.39, 0.29) is 0 Å². The van der Waals surface area contributed by atoms with Gasteiger partial charge in [-0.25, -0.2) is 5.06 Å². The third kappa shape index (κ3) is 1.25. The second-order valence-corrected chi connectivity index (χ2v) is 3.13. The van der Waals surface area contributed by atoms with E-state index in [4.69, 9.17) is 5.73 Å². The number of fused-ring (bicyclic) bond motifs is 1. The lowest BCUT2D eigenvalue weighted by Crippen LogP contribution is -2.34. The van der Waals surface area contributed by atoms with E-state index in [9.17, 15) is 10.0 Å². The van der Waals surface area contributed by atoms with E-state index in [1.54, 1.807) is 12.1 Å². The summed E-state index contributed by atoms with van der Waals surface area (Å²) in [4.78, 5) is 11.1. The summed E-state index contributed by atoms with van der Waals surface area (Å²) in [6.45, 7) is 0. The Bertz CT molecular complexity index is 401. The normalized spacial score (nSPS) is 19.2. The van der Waals surface area contributed by atoms with E-state index in [2.05, 4.69) is 0 Å². The van der Waals surface area contributed by atoms with Crippen LogP contribution in [0.4, 0.5) is 0 Å². The molecular formula is C10H10N2O2. The Morgan fingerprint density at radius 2 is 2.14 bits per heavy atom. The lowest BCUT2D eigenvalue weighted by Gasteiger charge is -2.26. The maximum Gasteiger partial charge on any atom is 0.247 e. The molecule has 2 rings (SSSR count). The van der Waals surface area contributed by atoms with Crippen LogP contribution in [0.2, 0.25) is 0 Å². The first-order valence-electron chi connectivity index (χ1n) is 4.24. The van der Waals surface area contributed by atoms with Crippen LogP contribution in [0.1, 0.15) is 17.2 Å². The van der Waals surface area contributed by atoms with Crippen LogP contribution >= 0.6 is 0 Å². The molecule has 0 aromatic heterocycles. The van der Waals surface area contributed by atoms with Gasteiger partial charge in [0.05, 0.1) is 0 Å². The number of hydrogen-bond acceptors (Lipinski definition) is 3. The number of hydrogen-bond donors (Lipinski definition) is 2. The number of carbonyl (C=O) groups excluding carboxylic acids is 1. The van der Waals surface area contributed by atoms with E-state index in [0.717, 1.165) is 16.2 Å². The predicted octanol–water partition coefficient (Wildman–Crippen LogP) is 0.889. The number of benzene rings is 1. The number of amides is 1. The van der Waals surface area contributed by atoms with Gasteiger partial charge in [0.1, 0.15) is 0 Å². The summed E-state index contributed by atoms with van der Waals surface area (Å²) >= 11 is 0. The molecule has 0 bridgehead atoms. The molecule has 3 N–H and O–H groups in total. The standard InChI is InChI=1S/C10H10N2O2/c11-10(13)9-8-4-2-1-3-7(8)5-6-12(9)14/h1-6,9,14H,(H2,11,13). The van der Waals surface area contributed by atoms with Crippen molar-refractivity contribution in [3.05, 3.63) is 41.6 Å². The zero-order valence-corrected chi connectivity index (χ0v) is 7.42. The van der Waals surface area contributed by atoms with Crippen LogP contribution in [-0.4, -0.2) is 16.2 Å². The molecular weight excluding hydrogens is 180 g/mol. The summed E-state index contributed by atoms with van der Waals surface area (Å²) in [5.74, 6) is -0.565. The van der Waals surface area contributed by atoms with Gasteiger partial charge in [0.25, 0.3) is 0 Å². The third-order valence-corrected chi connectivity index (χ3v) is 2.23. The highest BCUT2D eigenvalue weighted by Crippen LogP contribution is 2.28. The number of nitrogens with zero attached hydrogens (tertiary/aromatic N) is 1. The second-order valence-electron chi connectivity index (χ2n) is 3.13. The number of carbonyl (C=O) groups is 1. The van der Waals surface area contributed by atoms with Crippen molar-refractivity contribution in [2.24, 2.45) is 5.73 Å². The van der Waals surface area contributed by atoms with Gasteiger partial charge in [-0.1, -0.05) is 24.3 Å². The first kappa shape index (κ1) is 8.77. The lowest BCUT2D eigenvalue weighted by atomic mass is 9.97. The molecule has 1 unspecified atom stereocenters. The van der Waals surface area contributed by atoms with Gasteiger partial charge in [0, 0.05) is 6.20 Å². The van der Waals surface area contributed by atoms with Gasteiger partial charge in [0.15, 0.2) is 6.04 Å². The van der Waals surface area contributed by atoms with Crippen LogP contribution in [0, 0.1) is 0 Å². The zero-order chi connectivity index (χ0) is 10.1. The van der Waals surface area contributed by atoms with Gasteiger partial charge in [-0.05, 0) is 17.2 Å². The van der Waals surface area contributed by atoms with Crippen molar-refractivity contribution in [3.8, 4) is 0 Å². The number of rotatable bonds is 1. The highest BCUT2D eigenvalue weighted by atomic mass is 16.5. The quantitative estimate of drug-likeness (QED) is 0.691. The molecule has 1 aromatic rings. The number of primary amides is 1. The molecule has 0 saturated carbocycles. The highest BCUT2D eigenvalue weighted by Gasteiger charge is 2.26. The Labute approximate surface area is 81.2 Å². The summed E-state index contributed by atoms with van der Waals surface area (Å²) in [6.07, 6.45) is 3.16. The molecule has 72 valence electrons. The Morgan fingerprint density at radius 1 is 1.43 bits per heavy atom. The van der Waals surface area contributed by atoms with E-state index in [1.807, 2.05) is 18.2 Å². The van der Waals surface area contributed by atoms with Crippen molar-refractivity contribution in [1.29, 1.82) is 0 Å². The SMILES string of the molecule is NC(=O)C1c2ccccc2C=CN1O. The molecule has 0 aliphatic carbocycles. The summed E-state index contributed by atoms with van der Waals surface area (Å²) in [7, 11) is 0. The average molecular weight is 190 g/mol. The van der Waals surface area contributed by atoms with Crippen LogP contribution in [0.25, 0.3) is 6.08 Å². The van der Waals surface area contributed by atoms with Gasteiger partial charge < -0.3 is 5.73 Å². The number of nitrogens with two attached hydrogens (primary N) is 1. The van der Waals surface area contributed by atoms with Gasteiger partial charge in [-0.15, -0.1) is 0 Å². The van der Waals surface area contributed by atoms with Crippen molar-refractivity contribution < 1.29 is 10.0 Å². The van der Waals surface area contributed by atoms with Crippen LogP contribution in [0.3, 0.4) is 0 Å². The molecule has 0 spiro atoms. The molecule has 0 radical (unpaired) electrons. The molecule has 1 aromatic carbocycles. The minimum atomic E-state index is -0.781. The fourth-order valence-electron chi connectivity index (χ4n) is 1.58. The first-order chi connectivity index (χ1) is 6.70. The topological polar surface area (TPSA) is 66.6 Å². The summed E-state index contributed by atoms with van der Waals surface area (Å²) in [5, 5.41) is 10.3. The molecule has 4 heteroatoms. The van der Waals surface area contributed by atoms with Crippen molar-refractivity contribution in [2.75, 3.05) is 0 Å². The lowest BCUT2D eigenvalue weighted by molar-refractivity contribution is -0.138. The molecule has 0 saturated heterocycles. The van der Waals surface area contributed by atoms with Gasteiger partial charge in [0.2, 0.25) is 5.91 Å². The second kappa shape index (κ2) is 3.16. The van der Waals surface area contributed by atoms with Gasteiger partial charge in [-0.3, -0.25) is 10.0 Å². The Morgan fingerprint density at radius 3 is 2.86 bits per heavy atom. The zero-order valence-electron chi connectivity index (χ0n) is 7.42. The first-order valence-corrected chi connectivity index (χ1v) is 4.24. The fraction of sp³-hybridized carbons (Fsp3) is 0.100. The van der Waals surface area contributed by atoms with E-state index in [1.165, 1.54) is 6.20 Å². The highest BCUT2D eigenvalue weighted by molar-refractivity contribution is 5.83. The van der Waals surface area contributed by atoms with Crippen LogP contribution in [-0.2, 0) is 4.79 Å².